The van der Waals surface area contributed by atoms with Crippen LogP contribution in [0.5, 0.6) is 0 Å². The minimum absolute atomic E-state index is 0.0292. The number of aromatic nitrogens is 1. The number of oxazole rings is 1. The van der Waals surface area contributed by atoms with Crippen molar-refractivity contribution in [2.75, 3.05) is 13.1 Å². The second-order valence-corrected chi connectivity index (χ2v) is 7.19. The molecular weight excluding hydrogens is 368 g/mol. The largest absolute Gasteiger partial charge is 0.444 e. The van der Waals surface area contributed by atoms with E-state index in [1.807, 2.05) is 13.8 Å². The van der Waals surface area contributed by atoms with Gasteiger partial charge in [0.05, 0.1) is 11.4 Å². The highest BCUT2D eigenvalue weighted by Gasteiger charge is 2.22. The third kappa shape index (κ3) is 4.44. The van der Waals surface area contributed by atoms with E-state index >= 15 is 0 Å². The van der Waals surface area contributed by atoms with Crippen LogP contribution in [0.1, 0.15) is 36.0 Å². The normalized spacial score (nSPS) is 11.6. The molecule has 1 aromatic heterocycles. The van der Waals surface area contributed by atoms with Crippen LogP contribution in [0, 0.1) is 18.6 Å². The van der Waals surface area contributed by atoms with Crippen molar-refractivity contribution in [1.82, 2.24) is 14.6 Å². The van der Waals surface area contributed by atoms with E-state index in [9.17, 15) is 22.0 Å². The molecule has 0 radical (unpaired) electrons. The lowest BCUT2D eigenvalue weighted by Gasteiger charge is -2.16. The Morgan fingerprint density at radius 2 is 1.77 bits per heavy atom. The van der Waals surface area contributed by atoms with Crippen LogP contribution < -0.4 is 4.72 Å². The number of carbonyl (C=O) groups excluding carboxylic acids is 1. The molecular formula is C16H19F2N3O4S. The summed E-state index contributed by atoms with van der Waals surface area (Å²) in [6.07, 6.45) is 0. The molecule has 26 heavy (non-hydrogen) atoms. The summed E-state index contributed by atoms with van der Waals surface area (Å²) in [5.74, 6) is -2.11. The van der Waals surface area contributed by atoms with Crippen LogP contribution >= 0.6 is 0 Å². The number of aryl methyl sites for hydroxylation is 1. The van der Waals surface area contributed by atoms with Gasteiger partial charge in [0.2, 0.25) is 15.9 Å². The summed E-state index contributed by atoms with van der Waals surface area (Å²) in [7, 11) is -4.18. The second kappa shape index (κ2) is 7.92. The topological polar surface area (TPSA) is 92.5 Å². The van der Waals surface area contributed by atoms with Gasteiger partial charge in [-0.2, -0.15) is 0 Å². The van der Waals surface area contributed by atoms with Crippen LogP contribution in [-0.2, 0) is 16.6 Å². The maximum Gasteiger partial charge on any atom is 0.276 e. The number of benzene rings is 1. The first-order valence-electron chi connectivity index (χ1n) is 7.89. The van der Waals surface area contributed by atoms with Gasteiger partial charge in [0.1, 0.15) is 17.4 Å². The third-order valence-corrected chi connectivity index (χ3v) is 5.03. The Hall–Kier alpha value is -2.33. The smallest absolute Gasteiger partial charge is 0.276 e. The predicted octanol–water partition coefficient (Wildman–Crippen LogP) is 2.22. The van der Waals surface area contributed by atoms with Crippen LogP contribution in [0.2, 0.25) is 0 Å². The highest BCUT2D eigenvalue weighted by molar-refractivity contribution is 7.89. The van der Waals surface area contributed by atoms with E-state index in [-0.39, 0.29) is 29.8 Å². The fourth-order valence-electron chi connectivity index (χ4n) is 2.31. The minimum Gasteiger partial charge on any atom is -0.444 e. The van der Waals surface area contributed by atoms with Gasteiger partial charge in [0, 0.05) is 19.2 Å². The molecule has 0 bridgehead atoms. The van der Waals surface area contributed by atoms with Gasteiger partial charge in [-0.3, -0.25) is 4.79 Å². The number of hydrogen-bond donors (Lipinski definition) is 1. The Kier molecular flexibility index (Phi) is 6.09. The second-order valence-electron chi connectivity index (χ2n) is 5.42. The maximum atomic E-state index is 13.2. The van der Waals surface area contributed by atoms with Gasteiger partial charge in [0.25, 0.3) is 5.91 Å². The lowest BCUT2D eigenvalue weighted by molar-refractivity contribution is 0.0766. The molecule has 0 saturated carbocycles. The van der Waals surface area contributed by atoms with Crippen molar-refractivity contribution in [2.24, 2.45) is 0 Å². The molecule has 0 fully saturated rings. The van der Waals surface area contributed by atoms with Crippen molar-refractivity contribution in [2.45, 2.75) is 32.2 Å². The van der Waals surface area contributed by atoms with E-state index < -0.39 is 26.6 Å². The van der Waals surface area contributed by atoms with Gasteiger partial charge in [-0.1, -0.05) is 0 Å². The van der Waals surface area contributed by atoms with Crippen molar-refractivity contribution >= 4 is 15.9 Å². The molecule has 10 heteroatoms. The number of sulfonamides is 1. The first-order chi connectivity index (χ1) is 12.2. The molecule has 0 unspecified atom stereocenters. The fourth-order valence-corrected chi connectivity index (χ4v) is 3.33. The molecule has 1 aromatic carbocycles. The Bertz CT molecular complexity index is 888. The van der Waals surface area contributed by atoms with E-state index in [4.69, 9.17) is 4.42 Å². The Morgan fingerprint density at radius 3 is 2.31 bits per heavy atom. The first kappa shape index (κ1) is 20.0. The van der Waals surface area contributed by atoms with Crippen LogP contribution in [0.4, 0.5) is 8.78 Å². The molecule has 0 saturated heterocycles. The summed E-state index contributed by atoms with van der Waals surface area (Å²) >= 11 is 0. The molecule has 0 aliphatic rings. The summed E-state index contributed by atoms with van der Waals surface area (Å²) in [4.78, 5) is 17.3. The Morgan fingerprint density at radius 1 is 1.19 bits per heavy atom. The Labute approximate surface area is 150 Å². The molecule has 142 valence electrons. The maximum absolute atomic E-state index is 13.2. The minimum atomic E-state index is -4.18. The number of hydrogen-bond acceptors (Lipinski definition) is 5. The van der Waals surface area contributed by atoms with Gasteiger partial charge >= 0.3 is 0 Å². The molecule has 2 aromatic rings. The van der Waals surface area contributed by atoms with Crippen LogP contribution in [0.3, 0.4) is 0 Å². The lowest BCUT2D eigenvalue weighted by Crippen LogP contribution is -2.31. The molecule has 0 spiro atoms. The quantitative estimate of drug-likeness (QED) is 0.786. The highest BCUT2D eigenvalue weighted by Crippen LogP contribution is 2.16. The lowest BCUT2D eigenvalue weighted by atomic mass is 10.3. The van der Waals surface area contributed by atoms with Crippen LogP contribution in [-0.4, -0.2) is 37.3 Å². The standard InChI is InChI=1S/C16H19F2N3O4S/c1-4-21(5-2)16(22)15-10(3)25-14(20-15)9-19-26(23,24)13-7-11(17)6-12(18)8-13/h6-8,19H,4-5,9H2,1-3H3. The SMILES string of the molecule is CCN(CC)C(=O)c1nc(CNS(=O)(=O)c2cc(F)cc(F)c2)oc1C. The number of carbonyl (C=O) groups is 1. The molecule has 0 atom stereocenters. The number of nitrogens with zero attached hydrogens (tertiary/aromatic N) is 2. The zero-order valence-electron chi connectivity index (χ0n) is 14.5. The fraction of sp³-hybridized carbons (Fsp3) is 0.375. The molecule has 7 nitrogen and oxygen atoms in total. The molecule has 1 N–H and O–H groups in total. The molecule has 2 rings (SSSR count). The van der Waals surface area contributed by atoms with Gasteiger partial charge in [-0.05, 0) is 32.9 Å². The van der Waals surface area contributed by atoms with Crippen molar-refractivity contribution in [3.63, 3.8) is 0 Å². The highest BCUT2D eigenvalue weighted by atomic mass is 32.2. The summed E-state index contributed by atoms with van der Waals surface area (Å²) in [6.45, 7) is 5.81. The van der Waals surface area contributed by atoms with Crippen molar-refractivity contribution in [3.05, 3.63) is 47.2 Å². The number of halogens is 2. The van der Waals surface area contributed by atoms with Gasteiger partial charge in [-0.15, -0.1) is 0 Å². The third-order valence-electron chi connectivity index (χ3n) is 3.65. The number of nitrogens with one attached hydrogen (secondary N) is 1. The summed E-state index contributed by atoms with van der Waals surface area (Å²) in [5.41, 5.74) is 0.0969. The summed E-state index contributed by atoms with van der Waals surface area (Å²) in [6, 6.07) is 1.96. The van der Waals surface area contributed by atoms with E-state index in [2.05, 4.69) is 9.71 Å². The van der Waals surface area contributed by atoms with Crippen LogP contribution in [0.15, 0.2) is 27.5 Å². The van der Waals surface area contributed by atoms with Gasteiger partial charge in [-0.25, -0.2) is 26.9 Å². The zero-order valence-corrected chi connectivity index (χ0v) is 15.4. The average Bonchev–Trinajstić information content (AvgIpc) is 2.94. The van der Waals surface area contributed by atoms with Crippen molar-refractivity contribution in [3.8, 4) is 0 Å². The van der Waals surface area contributed by atoms with Crippen molar-refractivity contribution in [1.29, 1.82) is 0 Å². The predicted molar refractivity (Wildman–Crippen MR) is 88.9 cm³/mol. The first-order valence-corrected chi connectivity index (χ1v) is 9.37. The summed E-state index contributed by atoms with van der Waals surface area (Å²) in [5, 5.41) is 0. The number of amides is 1. The number of rotatable bonds is 7. The van der Waals surface area contributed by atoms with Crippen molar-refractivity contribution < 1.29 is 26.4 Å². The van der Waals surface area contributed by atoms with E-state index in [0.717, 1.165) is 0 Å². The van der Waals surface area contributed by atoms with Gasteiger partial charge < -0.3 is 9.32 Å². The van der Waals surface area contributed by atoms with Crippen LogP contribution in [0.25, 0.3) is 0 Å². The van der Waals surface area contributed by atoms with Gasteiger partial charge in [0.15, 0.2) is 5.69 Å². The Balaban J connectivity index is 2.17. The molecule has 0 aliphatic carbocycles. The zero-order chi connectivity index (χ0) is 19.5. The summed E-state index contributed by atoms with van der Waals surface area (Å²) < 4.78 is 58.2. The molecule has 1 heterocycles. The monoisotopic (exact) mass is 387 g/mol. The molecule has 1 amide bonds. The van der Waals surface area contributed by atoms with E-state index in [0.29, 0.717) is 31.3 Å². The average molecular weight is 387 g/mol. The molecule has 0 aliphatic heterocycles. The van der Waals surface area contributed by atoms with E-state index in [1.54, 1.807) is 11.8 Å². The van der Waals surface area contributed by atoms with E-state index in [1.165, 1.54) is 0 Å².